The van der Waals surface area contributed by atoms with E-state index in [0.29, 0.717) is 23.6 Å². The number of ether oxygens (including phenoxy) is 1. The number of hydrogen-bond donors (Lipinski definition) is 1. The van der Waals surface area contributed by atoms with Crippen LogP contribution in [0.5, 0.6) is 0 Å². The molecule has 0 aliphatic heterocycles. The third kappa shape index (κ3) is 3.74. The summed E-state index contributed by atoms with van der Waals surface area (Å²) in [6.07, 6.45) is 6.12. The molecule has 0 atom stereocenters. The fourth-order valence-corrected chi connectivity index (χ4v) is 2.40. The predicted octanol–water partition coefficient (Wildman–Crippen LogP) is 2.68. The molecule has 5 nitrogen and oxygen atoms in total. The SMILES string of the molecule is COC(=O)c1ccc(C(=O)NCc2cncc(C3CC3)c2)cc1. The van der Waals surface area contributed by atoms with Gasteiger partial charge < -0.3 is 10.1 Å². The number of methoxy groups -OCH3 is 1. The Morgan fingerprint density at radius 2 is 1.87 bits per heavy atom. The Morgan fingerprint density at radius 3 is 2.52 bits per heavy atom. The van der Waals surface area contributed by atoms with Gasteiger partial charge in [0, 0.05) is 24.5 Å². The second-order valence-corrected chi connectivity index (χ2v) is 5.65. The molecule has 1 saturated carbocycles. The van der Waals surface area contributed by atoms with Crippen LogP contribution in [-0.2, 0) is 11.3 Å². The Morgan fingerprint density at radius 1 is 1.17 bits per heavy atom. The van der Waals surface area contributed by atoms with Gasteiger partial charge in [-0.15, -0.1) is 0 Å². The number of aromatic nitrogens is 1. The van der Waals surface area contributed by atoms with Crippen molar-refractivity contribution < 1.29 is 14.3 Å². The molecule has 1 amide bonds. The van der Waals surface area contributed by atoms with Gasteiger partial charge in [-0.1, -0.05) is 6.07 Å². The van der Waals surface area contributed by atoms with Gasteiger partial charge in [0.2, 0.25) is 0 Å². The first kappa shape index (κ1) is 15.2. The number of nitrogens with one attached hydrogen (secondary N) is 1. The Balaban J connectivity index is 1.60. The van der Waals surface area contributed by atoms with E-state index in [4.69, 9.17) is 0 Å². The first-order valence-electron chi connectivity index (χ1n) is 7.58. The quantitative estimate of drug-likeness (QED) is 0.862. The standard InChI is InChI=1S/C18H18N2O3/c1-23-18(22)15-6-4-14(5-7-15)17(21)20-10-12-8-16(11-19-9-12)13-2-3-13/h4-9,11,13H,2-3,10H2,1H3,(H,20,21). The Labute approximate surface area is 134 Å². The number of pyridine rings is 1. The van der Waals surface area contributed by atoms with Crippen LogP contribution in [0.3, 0.4) is 0 Å². The van der Waals surface area contributed by atoms with Crippen molar-refractivity contribution in [3.63, 3.8) is 0 Å². The Bertz CT molecular complexity index is 721. The second kappa shape index (κ2) is 6.60. The fourth-order valence-electron chi connectivity index (χ4n) is 2.40. The number of rotatable bonds is 5. The number of amides is 1. The first-order valence-corrected chi connectivity index (χ1v) is 7.58. The van der Waals surface area contributed by atoms with Gasteiger partial charge in [-0.05, 0) is 54.2 Å². The smallest absolute Gasteiger partial charge is 0.337 e. The summed E-state index contributed by atoms with van der Waals surface area (Å²) < 4.78 is 4.63. The number of nitrogens with zero attached hydrogens (tertiary/aromatic N) is 1. The zero-order valence-electron chi connectivity index (χ0n) is 12.9. The molecule has 0 saturated heterocycles. The average Bonchev–Trinajstić information content (AvgIpc) is 3.44. The van der Waals surface area contributed by atoms with Crippen LogP contribution in [0.2, 0.25) is 0 Å². The molecule has 0 unspecified atom stereocenters. The van der Waals surface area contributed by atoms with E-state index < -0.39 is 5.97 Å². The zero-order chi connectivity index (χ0) is 16.2. The summed E-state index contributed by atoms with van der Waals surface area (Å²) in [4.78, 5) is 27.8. The molecule has 1 aromatic heterocycles. The summed E-state index contributed by atoms with van der Waals surface area (Å²) in [6.45, 7) is 0.436. The lowest BCUT2D eigenvalue weighted by Gasteiger charge is -2.07. The highest BCUT2D eigenvalue weighted by Crippen LogP contribution is 2.39. The topological polar surface area (TPSA) is 68.3 Å². The van der Waals surface area contributed by atoms with Crippen molar-refractivity contribution in [2.75, 3.05) is 7.11 Å². The predicted molar refractivity (Wildman–Crippen MR) is 85.2 cm³/mol. The molecule has 1 fully saturated rings. The molecule has 2 aromatic rings. The maximum Gasteiger partial charge on any atom is 0.337 e. The molecule has 0 radical (unpaired) electrons. The summed E-state index contributed by atoms with van der Waals surface area (Å²) in [5.41, 5.74) is 3.17. The van der Waals surface area contributed by atoms with E-state index in [1.807, 2.05) is 6.20 Å². The van der Waals surface area contributed by atoms with E-state index in [-0.39, 0.29) is 5.91 Å². The molecule has 3 rings (SSSR count). The van der Waals surface area contributed by atoms with E-state index in [9.17, 15) is 9.59 Å². The summed E-state index contributed by atoms with van der Waals surface area (Å²) in [6, 6.07) is 8.48. The van der Waals surface area contributed by atoms with Crippen molar-refractivity contribution in [2.45, 2.75) is 25.3 Å². The third-order valence-electron chi connectivity index (χ3n) is 3.89. The lowest BCUT2D eigenvalue weighted by atomic mass is 10.1. The van der Waals surface area contributed by atoms with Crippen molar-refractivity contribution in [3.05, 3.63) is 65.0 Å². The summed E-state index contributed by atoms with van der Waals surface area (Å²) in [5.74, 6) is 0.0437. The minimum atomic E-state index is -0.417. The normalized spacial score (nSPS) is 13.4. The maximum absolute atomic E-state index is 12.2. The van der Waals surface area contributed by atoms with E-state index in [1.54, 1.807) is 30.5 Å². The number of esters is 1. The highest BCUT2D eigenvalue weighted by atomic mass is 16.5. The van der Waals surface area contributed by atoms with Crippen LogP contribution in [0.15, 0.2) is 42.7 Å². The van der Waals surface area contributed by atoms with Crippen LogP contribution in [-0.4, -0.2) is 24.0 Å². The van der Waals surface area contributed by atoms with Gasteiger partial charge in [-0.25, -0.2) is 4.79 Å². The molecule has 118 valence electrons. The van der Waals surface area contributed by atoms with Crippen LogP contribution >= 0.6 is 0 Å². The van der Waals surface area contributed by atoms with E-state index >= 15 is 0 Å². The molecule has 5 heteroatoms. The van der Waals surface area contributed by atoms with Gasteiger partial charge in [0.25, 0.3) is 5.91 Å². The van der Waals surface area contributed by atoms with Crippen LogP contribution in [0.4, 0.5) is 0 Å². The minimum absolute atomic E-state index is 0.182. The van der Waals surface area contributed by atoms with E-state index in [0.717, 1.165) is 5.56 Å². The molecule has 0 bridgehead atoms. The summed E-state index contributed by atoms with van der Waals surface area (Å²) >= 11 is 0. The first-order chi connectivity index (χ1) is 11.2. The lowest BCUT2D eigenvalue weighted by Crippen LogP contribution is -2.23. The third-order valence-corrected chi connectivity index (χ3v) is 3.89. The second-order valence-electron chi connectivity index (χ2n) is 5.65. The van der Waals surface area contributed by atoms with E-state index in [1.165, 1.54) is 25.5 Å². The average molecular weight is 310 g/mol. The van der Waals surface area contributed by atoms with Gasteiger partial charge in [-0.3, -0.25) is 9.78 Å². The largest absolute Gasteiger partial charge is 0.465 e. The number of carbonyl (C=O) groups is 2. The van der Waals surface area contributed by atoms with E-state index in [2.05, 4.69) is 21.1 Å². The number of benzene rings is 1. The van der Waals surface area contributed by atoms with Gasteiger partial charge >= 0.3 is 5.97 Å². The van der Waals surface area contributed by atoms with Crippen molar-refractivity contribution in [2.24, 2.45) is 0 Å². The lowest BCUT2D eigenvalue weighted by molar-refractivity contribution is 0.0600. The molecule has 1 aliphatic carbocycles. The van der Waals surface area contributed by atoms with Crippen LogP contribution in [0.1, 0.15) is 50.6 Å². The number of carbonyl (C=O) groups excluding carboxylic acids is 2. The molecule has 1 heterocycles. The van der Waals surface area contributed by atoms with Crippen LogP contribution < -0.4 is 5.32 Å². The van der Waals surface area contributed by atoms with Gasteiger partial charge in [0.05, 0.1) is 12.7 Å². The van der Waals surface area contributed by atoms with Crippen LogP contribution in [0, 0.1) is 0 Å². The van der Waals surface area contributed by atoms with Crippen molar-refractivity contribution in [1.29, 1.82) is 0 Å². The zero-order valence-corrected chi connectivity index (χ0v) is 12.9. The molecule has 23 heavy (non-hydrogen) atoms. The summed E-state index contributed by atoms with van der Waals surface area (Å²) in [5, 5.41) is 2.87. The monoisotopic (exact) mass is 310 g/mol. The summed E-state index contributed by atoms with van der Waals surface area (Å²) in [7, 11) is 1.33. The Kier molecular flexibility index (Phi) is 4.37. The Hall–Kier alpha value is -2.69. The molecular formula is C18H18N2O3. The van der Waals surface area contributed by atoms with Crippen molar-refractivity contribution in [1.82, 2.24) is 10.3 Å². The van der Waals surface area contributed by atoms with Gasteiger partial charge in [0.15, 0.2) is 0 Å². The molecule has 1 N–H and O–H groups in total. The molecule has 1 aliphatic rings. The molecule has 1 aromatic carbocycles. The van der Waals surface area contributed by atoms with Crippen molar-refractivity contribution in [3.8, 4) is 0 Å². The van der Waals surface area contributed by atoms with Gasteiger partial charge in [-0.2, -0.15) is 0 Å². The van der Waals surface area contributed by atoms with Gasteiger partial charge in [0.1, 0.15) is 0 Å². The molecular weight excluding hydrogens is 292 g/mol. The number of hydrogen-bond acceptors (Lipinski definition) is 4. The van der Waals surface area contributed by atoms with Crippen LogP contribution in [0.25, 0.3) is 0 Å². The maximum atomic E-state index is 12.2. The van der Waals surface area contributed by atoms with Crippen molar-refractivity contribution >= 4 is 11.9 Å². The fraction of sp³-hybridized carbons (Fsp3) is 0.278. The molecule has 0 spiro atoms. The minimum Gasteiger partial charge on any atom is -0.465 e. The highest BCUT2D eigenvalue weighted by molar-refractivity contribution is 5.96. The highest BCUT2D eigenvalue weighted by Gasteiger charge is 2.23.